The molecule has 0 aliphatic rings. The Labute approximate surface area is 208 Å². The molecule has 0 unspecified atom stereocenters. The van der Waals surface area contributed by atoms with Crippen LogP contribution in [-0.4, -0.2) is 42.1 Å². The molecule has 0 spiro atoms. The summed E-state index contributed by atoms with van der Waals surface area (Å²) in [4.78, 5) is 13.4. The van der Waals surface area contributed by atoms with E-state index in [1.165, 1.54) is 4.68 Å². The Bertz CT molecular complexity index is 1500. The van der Waals surface area contributed by atoms with Crippen LogP contribution in [-0.2, 0) is 13.0 Å². The molecule has 5 rings (SSSR count). The van der Waals surface area contributed by atoms with Crippen molar-refractivity contribution in [3.05, 3.63) is 94.7 Å². The molecule has 0 saturated heterocycles. The molecule has 0 aliphatic carbocycles. The SMILES string of the molecule is CCCCc1nn(-c2cccc(OC)c2)c(=O)n1Cc1ccc(-c2ccccc2-c2nnn[nH]2)cc1. The van der Waals surface area contributed by atoms with Crippen LogP contribution < -0.4 is 10.4 Å². The van der Waals surface area contributed by atoms with Crippen molar-refractivity contribution in [2.45, 2.75) is 32.7 Å². The molecule has 182 valence electrons. The first-order valence-electron chi connectivity index (χ1n) is 11.9. The summed E-state index contributed by atoms with van der Waals surface area (Å²) in [5.41, 5.74) is 4.52. The normalized spacial score (nSPS) is 11.1. The van der Waals surface area contributed by atoms with E-state index in [9.17, 15) is 4.79 Å². The number of nitrogens with zero attached hydrogens (tertiary/aromatic N) is 6. The Hall–Kier alpha value is -4.53. The number of H-pyrrole nitrogens is 1. The van der Waals surface area contributed by atoms with Crippen molar-refractivity contribution in [1.29, 1.82) is 0 Å². The van der Waals surface area contributed by atoms with Crippen molar-refractivity contribution in [2.24, 2.45) is 0 Å². The number of methoxy groups -OCH3 is 1. The average molecular weight is 482 g/mol. The van der Waals surface area contributed by atoms with Crippen molar-refractivity contribution in [1.82, 2.24) is 35.0 Å². The molecule has 36 heavy (non-hydrogen) atoms. The minimum absolute atomic E-state index is 0.165. The first-order valence-corrected chi connectivity index (χ1v) is 11.9. The Morgan fingerprint density at radius 2 is 1.78 bits per heavy atom. The summed E-state index contributed by atoms with van der Waals surface area (Å²) in [6.45, 7) is 2.57. The molecule has 1 N–H and O–H groups in total. The number of hydrogen-bond donors (Lipinski definition) is 1. The smallest absolute Gasteiger partial charge is 0.351 e. The number of aromatic amines is 1. The van der Waals surface area contributed by atoms with Gasteiger partial charge in [-0.25, -0.2) is 9.89 Å². The third kappa shape index (κ3) is 4.68. The van der Waals surface area contributed by atoms with E-state index in [2.05, 4.69) is 44.8 Å². The molecule has 5 aromatic rings. The van der Waals surface area contributed by atoms with E-state index in [1.807, 2.05) is 60.7 Å². The fraction of sp³-hybridized carbons (Fsp3) is 0.222. The Morgan fingerprint density at radius 1 is 0.972 bits per heavy atom. The van der Waals surface area contributed by atoms with E-state index in [0.717, 1.165) is 47.3 Å². The highest BCUT2D eigenvalue weighted by atomic mass is 16.5. The predicted octanol–water partition coefficient (Wildman–Crippen LogP) is 4.28. The van der Waals surface area contributed by atoms with Crippen LogP contribution in [0.25, 0.3) is 28.2 Å². The predicted molar refractivity (Wildman–Crippen MR) is 137 cm³/mol. The van der Waals surface area contributed by atoms with Gasteiger partial charge in [-0.2, -0.15) is 4.68 Å². The van der Waals surface area contributed by atoms with E-state index in [-0.39, 0.29) is 5.69 Å². The quantitative estimate of drug-likeness (QED) is 0.337. The Morgan fingerprint density at radius 3 is 2.50 bits per heavy atom. The maximum absolute atomic E-state index is 13.4. The highest BCUT2D eigenvalue weighted by Crippen LogP contribution is 2.29. The van der Waals surface area contributed by atoms with Crippen LogP contribution in [0.3, 0.4) is 0 Å². The topological polar surface area (TPSA) is 104 Å². The average Bonchev–Trinajstić information content (AvgIpc) is 3.57. The van der Waals surface area contributed by atoms with Gasteiger partial charge >= 0.3 is 5.69 Å². The number of nitrogens with one attached hydrogen (secondary N) is 1. The van der Waals surface area contributed by atoms with Crippen LogP contribution in [0.4, 0.5) is 0 Å². The van der Waals surface area contributed by atoms with Crippen molar-refractivity contribution >= 4 is 0 Å². The molecule has 9 nitrogen and oxygen atoms in total. The minimum Gasteiger partial charge on any atom is -0.497 e. The number of tetrazole rings is 1. The lowest BCUT2D eigenvalue weighted by atomic mass is 9.98. The van der Waals surface area contributed by atoms with Crippen molar-refractivity contribution < 1.29 is 4.74 Å². The van der Waals surface area contributed by atoms with Gasteiger partial charge in [0, 0.05) is 18.1 Å². The molecular weight excluding hydrogens is 454 g/mol. The van der Waals surface area contributed by atoms with Crippen molar-refractivity contribution in [2.75, 3.05) is 7.11 Å². The summed E-state index contributed by atoms with van der Waals surface area (Å²) in [7, 11) is 1.61. The van der Waals surface area contributed by atoms with Gasteiger partial charge in [0.1, 0.15) is 11.6 Å². The monoisotopic (exact) mass is 481 g/mol. The van der Waals surface area contributed by atoms with Gasteiger partial charge in [-0.3, -0.25) is 4.57 Å². The maximum Gasteiger partial charge on any atom is 0.351 e. The summed E-state index contributed by atoms with van der Waals surface area (Å²) in [6, 6.07) is 23.6. The number of rotatable bonds is 9. The first kappa shape index (κ1) is 23.2. The molecule has 0 bridgehead atoms. The first-order chi connectivity index (χ1) is 17.7. The standard InChI is InChI=1S/C27H27N7O2/c1-3-4-12-25-30-34(21-8-7-9-22(17-21)36-2)27(35)33(25)18-19-13-15-20(16-14-19)23-10-5-6-11-24(23)26-28-31-32-29-26/h5-11,13-17H,3-4,12,18H2,1-2H3,(H,28,29,31,32). The number of aromatic nitrogens is 7. The van der Waals surface area contributed by atoms with Gasteiger partial charge < -0.3 is 4.74 Å². The van der Waals surface area contributed by atoms with Crippen molar-refractivity contribution in [3.8, 4) is 34.0 Å². The number of unbranched alkanes of at least 4 members (excludes halogenated alkanes) is 1. The maximum atomic E-state index is 13.4. The summed E-state index contributed by atoms with van der Waals surface area (Å²) >= 11 is 0. The molecule has 9 heteroatoms. The second-order valence-electron chi connectivity index (χ2n) is 8.49. The molecule has 0 aliphatic heterocycles. The van der Waals surface area contributed by atoms with Crippen LogP contribution in [0.2, 0.25) is 0 Å². The van der Waals surface area contributed by atoms with Gasteiger partial charge in [0.25, 0.3) is 0 Å². The van der Waals surface area contributed by atoms with Crippen LogP contribution >= 0.6 is 0 Å². The molecule has 0 saturated carbocycles. The van der Waals surface area contributed by atoms with Crippen LogP contribution in [0.1, 0.15) is 31.2 Å². The van der Waals surface area contributed by atoms with Gasteiger partial charge in [-0.05, 0) is 45.7 Å². The molecule has 2 aromatic heterocycles. The minimum atomic E-state index is -0.165. The van der Waals surface area contributed by atoms with Crippen LogP contribution in [0.5, 0.6) is 5.75 Å². The highest BCUT2D eigenvalue weighted by Gasteiger charge is 2.16. The van der Waals surface area contributed by atoms with E-state index >= 15 is 0 Å². The molecule has 3 aromatic carbocycles. The van der Waals surface area contributed by atoms with E-state index in [1.54, 1.807) is 11.7 Å². The van der Waals surface area contributed by atoms with Gasteiger partial charge in [0.05, 0.1) is 19.3 Å². The molecule has 0 amide bonds. The lowest BCUT2D eigenvalue weighted by Crippen LogP contribution is -2.25. The molecule has 0 radical (unpaired) electrons. The number of ether oxygens (including phenoxy) is 1. The van der Waals surface area contributed by atoms with Crippen LogP contribution in [0, 0.1) is 0 Å². The zero-order valence-electron chi connectivity index (χ0n) is 20.3. The second kappa shape index (κ2) is 10.4. The van der Waals surface area contributed by atoms with Crippen LogP contribution in [0.15, 0.2) is 77.6 Å². The third-order valence-corrected chi connectivity index (χ3v) is 6.12. The molecule has 0 fully saturated rings. The second-order valence-corrected chi connectivity index (χ2v) is 8.49. The van der Waals surface area contributed by atoms with E-state index in [0.29, 0.717) is 23.8 Å². The van der Waals surface area contributed by atoms with Gasteiger partial charge in [-0.15, -0.1) is 10.2 Å². The Kier molecular flexibility index (Phi) is 6.70. The summed E-state index contributed by atoms with van der Waals surface area (Å²) in [5.74, 6) is 2.07. The van der Waals surface area contributed by atoms with Gasteiger partial charge in [0.2, 0.25) is 0 Å². The zero-order valence-corrected chi connectivity index (χ0v) is 20.3. The Balaban J connectivity index is 1.46. The lowest BCUT2D eigenvalue weighted by Gasteiger charge is -2.09. The molecule has 2 heterocycles. The number of benzene rings is 3. The zero-order chi connectivity index (χ0) is 24.9. The van der Waals surface area contributed by atoms with Crippen molar-refractivity contribution in [3.63, 3.8) is 0 Å². The lowest BCUT2D eigenvalue weighted by molar-refractivity contribution is 0.414. The summed E-state index contributed by atoms with van der Waals surface area (Å²) in [6.07, 6.45) is 2.72. The van der Waals surface area contributed by atoms with Gasteiger partial charge in [0.15, 0.2) is 5.82 Å². The highest BCUT2D eigenvalue weighted by molar-refractivity contribution is 5.80. The molecule has 0 atom stereocenters. The fourth-order valence-corrected chi connectivity index (χ4v) is 4.21. The largest absolute Gasteiger partial charge is 0.497 e. The third-order valence-electron chi connectivity index (χ3n) is 6.12. The summed E-state index contributed by atoms with van der Waals surface area (Å²) < 4.78 is 8.55. The molecular formula is C27H27N7O2. The van der Waals surface area contributed by atoms with E-state index < -0.39 is 0 Å². The van der Waals surface area contributed by atoms with Gasteiger partial charge in [-0.1, -0.05) is 67.9 Å². The number of aryl methyl sites for hydroxylation is 1. The van der Waals surface area contributed by atoms with E-state index in [4.69, 9.17) is 4.74 Å². The fourth-order valence-electron chi connectivity index (χ4n) is 4.21. The number of hydrogen-bond acceptors (Lipinski definition) is 6. The summed E-state index contributed by atoms with van der Waals surface area (Å²) in [5, 5.41) is 19.0.